The lowest BCUT2D eigenvalue weighted by Gasteiger charge is -2.11. The molecule has 0 aliphatic rings. The third kappa shape index (κ3) is 7.03. The molecule has 0 spiro atoms. The van der Waals surface area contributed by atoms with E-state index < -0.39 is 0 Å². The van der Waals surface area contributed by atoms with Gasteiger partial charge in [0.2, 0.25) is 11.8 Å². The lowest BCUT2D eigenvalue weighted by molar-refractivity contribution is -0.119. The van der Waals surface area contributed by atoms with Crippen LogP contribution in [0.25, 0.3) is 0 Å². The lowest BCUT2D eigenvalue weighted by atomic mass is 10.1. The van der Waals surface area contributed by atoms with Crippen molar-refractivity contribution in [3.63, 3.8) is 0 Å². The molecule has 0 saturated heterocycles. The van der Waals surface area contributed by atoms with Gasteiger partial charge in [0.1, 0.15) is 0 Å². The number of benzene rings is 2. The fourth-order valence-corrected chi connectivity index (χ4v) is 2.57. The van der Waals surface area contributed by atoms with E-state index in [0.29, 0.717) is 12.3 Å². The van der Waals surface area contributed by atoms with Crippen molar-refractivity contribution < 1.29 is 9.59 Å². The molecule has 2 amide bonds. The number of amides is 2. The highest BCUT2D eigenvalue weighted by Gasteiger charge is 2.07. The van der Waals surface area contributed by atoms with E-state index in [-0.39, 0.29) is 23.3 Å². The van der Waals surface area contributed by atoms with Gasteiger partial charge < -0.3 is 16.0 Å². The Bertz CT molecular complexity index is 758. The second-order valence-electron chi connectivity index (χ2n) is 6.39. The van der Waals surface area contributed by atoms with Crippen LogP contribution in [0.5, 0.6) is 0 Å². The molecule has 3 N–H and O–H groups in total. The van der Waals surface area contributed by atoms with Crippen molar-refractivity contribution in [2.45, 2.75) is 26.7 Å². The van der Waals surface area contributed by atoms with Crippen LogP contribution in [0.1, 0.15) is 25.8 Å². The van der Waals surface area contributed by atoms with Crippen molar-refractivity contribution in [1.29, 1.82) is 0 Å². The van der Waals surface area contributed by atoms with Crippen molar-refractivity contribution in [3.05, 3.63) is 60.2 Å². The van der Waals surface area contributed by atoms with E-state index in [9.17, 15) is 9.59 Å². The molecule has 0 atom stereocenters. The molecule has 0 aliphatic heterocycles. The predicted molar refractivity (Wildman–Crippen MR) is 109 cm³/mol. The smallest absolute Gasteiger partial charge is 0.230 e. The molecule has 0 aromatic heterocycles. The van der Waals surface area contributed by atoms with Crippen LogP contribution in [0.15, 0.2) is 54.6 Å². The van der Waals surface area contributed by atoms with Gasteiger partial charge in [-0.25, -0.2) is 0 Å². The third-order valence-corrected chi connectivity index (χ3v) is 3.68. The summed E-state index contributed by atoms with van der Waals surface area (Å²) in [7, 11) is 0. The summed E-state index contributed by atoms with van der Waals surface area (Å²) in [5.74, 6) is 0.128. The summed E-state index contributed by atoms with van der Waals surface area (Å²) in [5, 5.41) is 8.70. The minimum absolute atomic E-state index is 0.00981. The lowest BCUT2D eigenvalue weighted by Crippen LogP contribution is -2.35. The van der Waals surface area contributed by atoms with Crippen molar-refractivity contribution >= 4 is 40.5 Å². The summed E-state index contributed by atoms with van der Waals surface area (Å²) in [6.07, 6.45) is 0.751. The normalized spacial score (nSPS) is 10.3. The highest BCUT2D eigenvalue weighted by atomic mass is 32.1. The number of rotatable bonds is 6. The van der Waals surface area contributed by atoms with Crippen LogP contribution in [0.2, 0.25) is 0 Å². The monoisotopic (exact) mass is 369 g/mol. The molecule has 0 heterocycles. The van der Waals surface area contributed by atoms with Gasteiger partial charge in [-0.1, -0.05) is 44.2 Å². The standard InChI is InChI=1S/C20H23N3O2S/c1-14(2)12-18(24)21-16-8-10-17(11-9-16)22-20(26)23-19(25)13-15-6-4-3-5-7-15/h3-11,14H,12-13H2,1-2H3,(H,21,24)(H2,22,23,25,26). The van der Waals surface area contributed by atoms with Crippen molar-refractivity contribution in [1.82, 2.24) is 5.32 Å². The first kappa shape index (κ1) is 19.6. The Hall–Kier alpha value is -2.73. The number of thiocarbonyl (C=S) groups is 1. The highest BCUT2D eigenvalue weighted by Crippen LogP contribution is 2.14. The molecule has 6 heteroatoms. The van der Waals surface area contributed by atoms with Gasteiger partial charge in [-0.2, -0.15) is 0 Å². The largest absolute Gasteiger partial charge is 0.332 e. The zero-order valence-electron chi connectivity index (χ0n) is 14.9. The molecule has 2 rings (SSSR count). The van der Waals surface area contributed by atoms with E-state index in [4.69, 9.17) is 12.2 Å². The minimum Gasteiger partial charge on any atom is -0.332 e. The van der Waals surface area contributed by atoms with Crippen LogP contribution in [-0.2, 0) is 16.0 Å². The molecular weight excluding hydrogens is 346 g/mol. The Morgan fingerprint density at radius 2 is 1.46 bits per heavy atom. The number of anilines is 2. The summed E-state index contributed by atoms with van der Waals surface area (Å²) in [5.41, 5.74) is 2.38. The van der Waals surface area contributed by atoms with Gasteiger partial charge in [0.25, 0.3) is 0 Å². The van der Waals surface area contributed by atoms with Gasteiger partial charge in [-0.3, -0.25) is 9.59 Å². The summed E-state index contributed by atoms with van der Waals surface area (Å²) in [6.45, 7) is 4.00. The highest BCUT2D eigenvalue weighted by molar-refractivity contribution is 7.80. The van der Waals surface area contributed by atoms with Crippen molar-refractivity contribution in [2.24, 2.45) is 5.92 Å². The van der Waals surface area contributed by atoms with Gasteiger partial charge in [0, 0.05) is 17.8 Å². The Kier molecular flexibility index (Phi) is 7.29. The SMILES string of the molecule is CC(C)CC(=O)Nc1ccc(NC(=S)NC(=O)Cc2ccccc2)cc1. The number of hydrogen-bond acceptors (Lipinski definition) is 3. The summed E-state index contributed by atoms with van der Waals surface area (Å²) in [4.78, 5) is 23.8. The Balaban J connectivity index is 1.81. The van der Waals surface area contributed by atoms with Crippen LogP contribution in [0.4, 0.5) is 11.4 Å². The van der Waals surface area contributed by atoms with E-state index in [0.717, 1.165) is 16.9 Å². The minimum atomic E-state index is -0.175. The molecule has 136 valence electrons. The summed E-state index contributed by atoms with van der Waals surface area (Å²) < 4.78 is 0. The fraction of sp³-hybridized carbons (Fsp3) is 0.250. The molecule has 2 aromatic carbocycles. The molecule has 0 radical (unpaired) electrons. The summed E-state index contributed by atoms with van der Waals surface area (Å²) >= 11 is 5.17. The zero-order chi connectivity index (χ0) is 18.9. The molecular formula is C20H23N3O2S. The summed E-state index contributed by atoms with van der Waals surface area (Å²) in [6, 6.07) is 16.6. The third-order valence-electron chi connectivity index (χ3n) is 3.48. The maximum Gasteiger partial charge on any atom is 0.230 e. The van der Waals surface area contributed by atoms with E-state index in [1.165, 1.54) is 0 Å². The second-order valence-corrected chi connectivity index (χ2v) is 6.80. The van der Waals surface area contributed by atoms with Crippen LogP contribution in [-0.4, -0.2) is 16.9 Å². The Morgan fingerprint density at radius 3 is 2.04 bits per heavy atom. The van der Waals surface area contributed by atoms with E-state index in [1.807, 2.05) is 44.2 Å². The van der Waals surface area contributed by atoms with E-state index >= 15 is 0 Å². The molecule has 26 heavy (non-hydrogen) atoms. The predicted octanol–water partition coefficient (Wildman–Crippen LogP) is 3.73. The maximum absolute atomic E-state index is 12.0. The van der Waals surface area contributed by atoms with Crippen molar-refractivity contribution in [2.75, 3.05) is 10.6 Å². The van der Waals surface area contributed by atoms with Gasteiger partial charge in [0.05, 0.1) is 6.42 Å². The first-order chi connectivity index (χ1) is 12.4. The number of nitrogens with one attached hydrogen (secondary N) is 3. The Morgan fingerprint density at radius 1 is 0.885 bits per heavy atom. The first-order valence-corrected chi connectivity index (χ1v) is 8.88. The topological polar surface area (TPSA) is 70.2 Å². The molecule has 0 fully saturated rings. The van der Waals surface area contributed by atoms with Crippen LogP contribution < -0.4 is 16.0 Å². The number of carbonyl (C=O) groups excluding carboxylic acids is 2. The number of hydrogen-bond donors (Lipinski definition) is 3. The van der Waals surface area contributed by atoms with Crippen LogP contribution in [0.3, 0.4) is 0 Å². The first-order valence-electron chi connectivity index (χ1n) is 8.47. The molecule has 5 nitrogen and oxygen atoms in total. The maximum atomic E-state index is 12.0. The van der Waals surface area contributed by atoms with E-state index in [1.54, 1.807) is 24.3 Å². The van der Waals surface area contributed by atoms with E-state index in [2.05, 4.69) is 16.0 Å². The quantitative estimate of drug-likeness (QED) is 0.679. The molecule has 0 unspecified atom stereocenters. The average molecular weight is 369 g/mol. The van der Waals surface area contributed by atoms with Crippen LogP contribution in [0, 0.1) is 5.92 Å². The van der Waals surface area contributed by atoms with Gasteiger partial charge in [-0.05, 0) is 48.0 Å². The van der Waals surface area contributed by atoms with Gasteiger partial charge >= 0.3 is 0 Å². The molecule has 0 bridgehead atoms. The van der Waals surface area contributed by atoms with Crippen LogP contribution >= 0.6 is 12.2 Å². The molecule has 2 aromatic rings. The average Bonchev–Trinajstić information content (AvgIpc) is 2.56. The second kappa shape index (κ2) is 9.68. The zero-order valence-corrected chi connectivity index (χ0v) is 15.7. The van der Waals surface area contributed by atoms with Crippen molar-refractivity contribution in [3.8, 4) is 0 Å². The van der Waals surface area contributed by atoms with Gasteiger partial charge in [-0.15, -0.1) is 0 Å². The molecule has 0 aliphatic carbocycles. The Labute approximate surface area is 159 Å². The van der Waals surface area contributed by atoms with Gasteiger partial charge in [0.15, 0.2) is 5.11 Å². The molecule has 0 saturated carbocycles. The fourth-order valence-electron chi connectivity index (χ4n) is 2.33. The number of carbonyl (C=O) groups is 2.